The van der Waals surface area contributed by atoms with E-state index in [1.807, 2.05) is 31.4 Å². The van der Waals surface area contributed by atoms with Gasteiger partial charge in [-0.2, -0.15) is 5.26 Å². The normalized spacial score (nSPS) is 11.0. The first kappa shape index (κ1) is 19.8. The minimum Gasteiger partial charge on any atom is -0.397 e. The van der Waals surface area contributed by atoms with E-state index in [0.717, 1.165) is 22.6 Å². The van der Waals surface area contributed by atoms with Crippen molar-refractivity contribution in [3.8, 4) is 17.3 Å². The Morgan fingerprint density at radius 3 is 2.77 bits per heavy atom. The Kier molecular flexibility index (Phi) is 5.07. The van der Waals surface area contributed by atoms with Gasteiger partial charge in [0.15, 0.2) is 5.13 Å². The third-order valence-corrected chi connectivity index (χ3v) is 6.38. The fourth-order valence-corrected chi connectivity index (χ4v) is 4.92. The van der Waals surface area contributed by atoms with Crippen LogP contribution in [0.5, 0.6) is 0 Å². The monoisotopic (exact) mass is 435 g/mol. The number of nitrogen functional groups attached to an aromatic ring is 2. The first-order valence-corrected chi connectivity index (χ1v) is 10.7. The van der Waals surface area contributed by atoms with Gasteiger partial charge in [0.25, 0.3) is 5.91 Å². The van der Waals surface area contributed by atoms with Gasteiger partial charge in [-0.25, -0.2) is 9.97 Å². The largest absolute Gasteiger partial charge is 0.397 e. The molecule has 0 saturated heterocycles. The minimum absolute atomic E-state index is 0.0127. The Hall–Kier alpha value is -3.55. The summed E-state index contributed by atoms with van der Waals surface area (Å²) in [6.07, 6.45) is 3.40. The number of nitriles is 1. The highest BCUT2D eigenvalue weighted by atomic mass is 32.1. The Morgan fingerprint density at radius 2 is 2.10 bits per heavy atom. The minimum atomic E-state index is -0.380. The average Bonchev–Trinajstić information content (AvgIpc) is 3.32. The van der Waals surface area contributed by atoms with Crippen LogP contribution in [0.15, 0.2) is 29.9 Å². The van der Waals surface area contributed by atoms with Crippen LogP contribution >= 0.6 is 22.7 Å². The lowest BCUT2D eigenvalue weighted by molar-refractivity contribution is 0.103. The number of fused-ring (bicyclic) bond motifs is 1. The fraction of sp³-hybridized carbons (Fsp3) is 0.150. The van der Waals surface area contributed by atoms with Crippen molar-refractivity contribution in [1.29, 1.82) is 5.26 Å². The number of nitrogens with one attached hydrogen (secondary N) is 1. The van der Waals surface area contributed by atoms with Crippen molar-refractivity contribution in [2.24, 2.45) is 0 Å². The van der Waals surface area contributed by atoms with Gasteiger partial charge < -0.3 is 11.5 Å². The maximum atomic E-state index is 12.9. The standard InChI is InChI=1S/C20H17N7OS2/c1-9(2)13-11(6-21)17(23)26-19-14(13)15(22)16(30-19)18(28)27-20-25-12(8-29-20)10-4-3-5-24-7-10/h3-5,7-9H,22H2,1-2H3,(H2,23,26)(H,25,27,28). The number of thiazole rings is 1. The number of carbonyl (C=O) groups excluding carboxylic acids is 1. The predicted octanol–water partition coefficient (Wildman–Crippen LogP) is 4.23. The van der Waals surface area contributed by atoms with E-state index in [-0.39, 0.29) is 17.6 Å². The van der Waals surface area contributed by atoms with Gasteiger partial charge in [0, 0.05) is 28.7 Å². The quantitative estimate of drug-likeness (QED) is 0.435. The van der Waals surface area contributed by atoms with Crippen LogP contribution < -0.4 is 16.8 Å². The summed E-state index contributed by atoms with van der Waals surface area (Å²) in [7, 11) is 0. The van der Waals surface area contributed by atoms with Gasteiger partial charge >= 0.3 is 0 Å². The molecule has 0 aliphatic carbocycles. The van der Waals surface area contributed by atoms with Crippen molar-refractivity contribution in [2.75, 3.05) is 16.8 Å². The van der Waals surface area contributed by atoms with Crippen LogP contribution in [0.2, 0.25) is 0 Å². The Bertz CT molecular complexity index is 1300. The molecule has 4 heterocycles. The molecule has 8 nitrogen and oxygen atoms in total. The van der Waals surface area contributed by atoms with E-state index in [1.54, 1.807) is 12.4 Å². The molecule has 0 unspecified atom stereocenters. The summed E-state index contributed by atoms with van der Waals surface area (Å²) in [5.41, 5.74) is 15.2. The highest BCUT2D eigenvalue weighted by molar-refractivity contribution is 7.21. The molecule has 30 heavy (non-hydrogen) atoms. The van der Waals surface area contributed by atoms with Crippen molar-refractivity contribution in [3.05, 3.63) is 45.9 Å². The third-order valence-electron chi connectivity index (χ3n) is 4.52. The second-order valence-corrected chi connectivity index (χ2v) is 8.67. The highest BCUT2D eigenvalue weighted by Gasteiger charge is 2.25. The number of hydrogen-bond donors (Lipinski definition) is 3. The summed E-state index contributed by atoms with van der Waals surface area (Å²) >= 11 is 2.46. The van der Waals surface area contributed by atoms with Gasteiger partial charge in [0.05, 0.1) is 16.9 Å². The number of nitrogens with two attached hydrogens (primary N) is 2. The van der Waals surface area contributed by atoms with E-state index in [2.05, 4.69) is 26.3 Å². The predicted molar refractivity (Wildman–Crippen MR) is 121 cm³/mol. The first-order valence-electron chi connectivity index (χ1n) is 8.99. The van der Waals surface area contributed by atoms with E-state index >= 15 is 0 Å². The molecule has 0 aliphatic rings. The molecule has 0 atom stereocenters. The summed E-state index contributed by atoms with van der Waals surface area (Å²) in [5.74, 6) is -0.251. The van der Waals surface area contributed by atoms with Crippen LogP contribution in [-0.2, 0) is 0 Å². The van der Waals surface area contributed by atoms with Gasteiger partial charge in [0.1, 0.15) is 21.6 Å². The number of aromatic nitrogens is 3. The van der Waals surface area contributed by atoms with Crippen LogP contribution in [-0.4, -0.2) is 20.9 Å². The average molecular weight is 436 g/mol. The van der Waals surface area contributed by atoms with Crippen LogP contribution in [0.4, 0.5) is 16.6 Å². The summed E-state index contributed by atoms with van der Waals surface area (Å²) in [5, 5.41) is 15.2. The molecular weight excluding hydrogens is 418 g/mol. The number of carbonyl (C=O) groups is 1. The van der Waals surface area contributed by atoms with E-state index < -0.39 is 0 Å². The maximum absolute atomic E-state index is 12.9. The molecule has 0 saturated carbocycles. The number of rotatable bonds is 4. The van der Waals surface area contributed by atoms with Crippen LogP contribution in [0.1, 0.15) is 40.6 Å². The molecule has 4 aromatic rings. The van der Waals surface area contributed by atoms with Crippen LogP contribution in [0.3, 0.4) is 0 Å². The molecule has 0 aromatic carbocycles. The first-order chi connectivity index (χ1) is 14.4. The Morgan fingerprint density at radius 1 is 1.30 bits per heavy atom. The number of hydrogen-bond acceptors (Lipinski definition) is 9. The van der Waals surface area contributed by atoms with Gasteiger partial charge in [-0.3, -0.25) is 15.1 Å². The molecule has 0 fully saturated rings. The molecule has 0 spiro atoms. The zero-order valence-corrected chi connectivity index (χ0v) is 17.8. The van der Waals surface area contributed by atoms with Crippen molar-refractivity contribution in [2.45, 2.75) is 19.8 Å². The molecule has 150 valence electrons. The molecule has 0 radical (unpaired) electrons. The zero-order chi connectivity index (χ0) is 21.4. The molecular formula is C20H17N7OS2. The molecule has 10 heteroatoms. The lowest BCUT2D eigenvalue weighted by atomic mass is 9.95. The number of thiophene rings is 1. The molecule has 4 rings (SSSR count). The summed E-state index contributed by atoms with van der Waals surface area (Å²) in [4.78, 5) is 26.6. The number of amides is 1. The second kappa shape index (κ2) is 7.70. The van der Waals surface area contributed by atoms with Gasteiger partial charge in [-0.1, -0.05) is 13.8 Å². The van der Waals surface area contributed by atoms with Crippen LogP contribution in [0, 0.1) is 11.3 Å². The summed E-state index contributed by atoms with van der Waals surface area (Å²) in [6.45, 7) is 3.89. The third kappa shape index (κ3) is 3.34. The van der Waals surface area contributed by atoms with E-state index in [4.69, 9.17) is 11.5 Å². The smallest absolute Gasteiger partial charge is 0.269 e. The van der Waals surface area contributed by atoms with Gasteiger partial charge in [0.2, 0.25) is 0 Å². The SMILES string of the molecule is CC(C)c1c(C#N)c(N)nc2sc(C(=O)Nc3nc(-c4cccnc4)cs3)c(N)c12. The topological polar surface area (TPSA) is 144 Å². The number of pyridine rings is 2. The number of anilines is 3. The van der Waals surface area contributed by atoms with Crippen molar-refractivity contribution >= 4 is 55.4 Å². The molecule has 0 aliphatic heterocycles. The molecule has 1 amide bonds. The maximum Gasteiger partial charge on any atom is 0.269 e. The van der Waals surface area contributed by atoms with E-state index in [0.29, 0.717) is 37.0 Å². The Labute approximate surface area is 180 Å². The molecule has 5 N–H and O–H groups in total. The number of nitrogens with zero attached hydrogens (tertiary/aromatic N) is 4. The van der Waals surface area contributed by atoms with Crippen LogP contribution in [0.25, 0.3) is 21.5 Å². The lowest BCUT2D eigenvalue weighted by Gasteiger charge is -2.12. The van der Waals surface area contributed by atoms with Crippen molar-refractivity contribution < 1.29 is 4.79 Å². The van der Waals surface area contributed by atoms with Crippen molar-refractivity contribution in [3.63, 3.8) is 0 Å². The zero-order valence-electron chi connectivity index (χ0n) is 16.1. The Balaban J connectivity index is 1.71. The molecule has 4 aromatic heterocycles. The summed E-state index contributed by atoms with van der Waals surface area (Å²) < 4.78 is 0. The lowest BCUT2D eigenvalue weighted by Crippen LogP contribution is -2.12. The van der Waals surface area contributed by atoms with Gasteiger partial charge in [-0.05, 0) is 23.6 Å². The fourth-order valence-electron chi connectivity index (χ4n) is 3.19. The second-order valence-electron chi connectivity index (χ2n) is 6.81. The molecule has 0 bridgehead atoms. The van der Waals surface area contributed by atoms with E-state index in [1.165, 1.54) is 11.3 Å². The van der Waals surface area contributed by atoms with Gasteiger partial charge in [-0.15, -0.1) is 22.7 Å². The van der Waals surface area contributed by atoms with Crippen molar-refractivity contribution in [1.82, 2.24) is 15.0 Å². The summed E-state index contributed by atoms with van der Waals surface area (Å²) in [6, 6.07) is 5.83. The highest BCUT2D eigenvalue weighted by Crippen LogP contribution is 2.41. The van der Waals surface area contributed by atoms with E-state index in [9.17, 15) is 10.1 Å².